The highest BCUT2D eigenvalue weighted by molar-refractivity contribution is 8.00. The van der Waals surface area contributed by atoms with E-state index in [9.17, 15) is 33.9 Å². The fourth-order valence-electron chi connectivity index (χ4n) is 3.94. The van der Waals surface area contributed by atoms with Crippen molar-refractivity contribution in [3.05, 3.63) is 57.4 Å². The topological polar surface area (TPSA) is 166 Å². The number of β-lactam (4-membered cyclic amide) rings is 1. The minimum atomic E-state index is -1.37. The lowest BCUT2D eigenvalue weighted by Gasteiger charge is -2.49. The first-order chi connectivity index (χ1) is 18.5. The Bertz CT molecular complexity index is 1390. The molecule has 2 atom stereocenters. The smallest absolute Gasteiger partial charge is 0.352 e. The number of hydrogen-bond acceptors (Lipinski definition) is 11. The number of carboxylic acid groups (broad SMARTS) is 1. The van der Waals surface area contributed by atoms with E-state index < -0.39 is 47.8 Å². The lowest BCUT2D eigenvalue weighted by atomic mass is 10.0. The second kappa shape index (κ2) is 11.7. The first-order valence-electron chi connectivity index (χ1n) is 11.4. The van der Waals surface area contributed by atoms with Gasteiger partial charge in [-0.05, 0) is 29.6 Å². The second-order valence-corrected chi connectivity index (χ2v) is 10.5. The molecule has 1 unspecified atom stereocenters. The maximum Gasteiger partial charge on any atom is 0.352 e. The average molecular weight is 575 g/mol. The third-order valence-corrected chi connectivity index (χ3v) is 7.76. The van der Waals surface area contributed by atoms with E-state index >= 15 is 0 Å². The third-order valence-electron chi connectivity index (χ3n) is 5.55. The molecular formula is C25H22N2O10S2. The number of ether oxygens (including phenoxy) is 3. The molecule has 0 radical (unpaired) electrons. The fourth-order valence-corrected chi connectivity index (χ4v) is 5.97. The van der Waals surface area contributed by atoms with Crippen LogP contribution in [0.2, 0.25) is 0 Å². The van der Waals surface area contributed by atoms with E-state index in [-0.39, 0.29) is 46.4 Å². The normalized spacial score (nSPS) is 18.0. The van der Waals surface area contributed by atoms with Gasteiger partial charge in [0, 0.05) is 30.1 Å². The molecule has 3 heterocycles. The highest BCUT2D eigenvalue weighted by Gasteiger charge is 2.54. The number of nitrogens with one attached hydrogen (secondary N) is 1. The molecule has 2 N–H and O–H groups in total. The van der Waals surface area contributed by atoms with E-state index in [4.69, 9.17) is 14.2 Å². The number of nitrogens with zero attached hydrogens (tertiary/aromatic N) is 1. The van der Waals surface area contributed by atoms with E-state index in [0.29, 0.717) is 0 Å². The van der Waals surface area contributed by atoms with Crippen LogP contribution in [0.3, 0.4) is 0 Å². The van der Waals surface area contributed by atoms with Gasteiger partial charge in [0.05, 0.1) is 12.0 Å². The van der Waals surface area contributed by atoms with Gasteiger partial charge in [-0.3, -0.25) is 24.1 Å². The van der Waals surface area contributed by atoms with E-state index in [1.165, 1.54) is 35.2 Å². The Morgan fingerprint density at radius 1 is 1.08 bits per heavy atom. The number of rotatable bonds is 9. The predicted molar refractivity (Wildman–Crippen MR) is 137 cm³/mol. The molecule has 0 saturated carbocycles. The molecule has 1 aromatic heterocycles. The van der Waals surface area contributed by atoms with Gasteiger partial charge >= 0.3 is 23.9 Å². The first-order valence-corrected chi connectivity index (χ1v) is 13.4. The fraction of sp³-hybridized carbons (Fsp3) is 0.280. The molecular weight excluding hydrogens is 552 g/mol. The Morgan fingerprint density at radius 2 is 1.79 bits per heavy atom. The maximum atomic E-state index is 12.8. The summed E-state index contributed by atoms with van der Waals surface area (Å²) in [5.74, 6) is -4.62. The molecule has 12 nitrogen and oxygen atoms in total. The minimum Gasteiger partial charge on any atom is -0.477 e. The van der Waals surface area contributed by atoms with Crippen molar-refractivity contribution in [2.45, 2.75) is 31.7 Å². The molecule has 0 spiro atoms. The van der Waals surface area contributed by atoms with Crippen LogP contribution in [-0.4, -0.2) is 69.5 Å². The SMILES string of the molecule is CC(=O)Oc1ccc(C(=O)OCC2=C(C(=O)O)N3C(=O)[C@@H](NC(=O)Cc4cccs4)C3SC2)cc1OC(C)=O. The number of thioether (sulfide) groups is 1. The predicted octanol–water partition coefficient (Wildman–Crippen LogP) is 1.74. The van der Waals surface area contributed by atoms with Crippen molar-refractivity contribution >= 4 is 58.8 Å². The number of esters is 3. The number of thiophene rings is 1. The molecule has 2 aromatic rings. The number of carboxylic acids is 1. The Balaban J connectivity index is 1.44. The molecule has 1 saturated heterocycles. The number of amides is 2. The Hall–Kier alpha value is -4.17. The summed E-state index contributed by atoms with van der Waals surface area (Å²) in [6.45, 7) is 1.87. The van der Waals surface area contributed by atoms with Crippen molar-refractivity contribution in [2.24, 2.45) is 0 Å². The monoisotopic (exact) mass is 574 g/mol. The van der Waals surface area contributed by atoms with Gasteiger partial charge in [-0.15, -0.1) is 23.1 Å². The van der Waals surface area contributed by atoms with Gasteiger partial charge in [0.15, 0.2) is 11.5 Å². The van der Waals surface area contributed by atoms with Crippen molar-refractivity contribution in [2.75, 3.05) is 12.4 Å². The molecule has 14 heteroatoms. The van der Waals surface area contributed by atoms with Gasteiger partial charge in [0.2, 0.25) is 5.91 Å². The Labute approximate surface area is 229 Å². The molecule has 2 aliphatic heterocycles. The maximum absolute atomic E-state index is 12.8. The van der Waals surface area contributed by atoms with Crippen LogP contribution in [0.1, 0.15) is 29.1 Å². The molecule has 39 heavy (non-hydrogen) atoms. The van der Waals surface area contributed by atoms with Gasteiger partial charge in [-0.2, -0.15) is 0 Å². The largest absolute Gasteiger partial charge is 0.477 e. The summed E-state index contributed by atoms with van der Waals surface area (Å²) < 4.78 is 15.3. The van der Waals surface area contributed by atoms with Crippen LogP contribution in [0.25, 0.3) is 0 Å². The van der Waals surface area contributed by atoms with E-state index in [1.54, 1.807) is 6.07 Å². The minimum absolute atomic E-state index is 0.0468. The molecule has 2 amide bonds. The van der Waals surface area contributed by atoms with Crippen LogP contribution in [0, 0.1) is 0 Å². The van der Waals surface area contributed by atoms with Gasteiger partial charge in [-0.1, -0.05) is 6.07 Å². The van der Waals surface area contributed by atoms with E-state index in [0.717, 1.165) is 29.7 Å². The zero-order valence-electron chi connectivity index (χ0n) is 20.6. The molecule has 4 rings (SSSR count). The molecule has 0 aliphatic carbocycles. The summed E-state index contributed by atoms with van der Waals surface area (Å²) in [5, 5.41) is 13.7. The lowest BCUT2D eigenvalue weighted by molar-refractivity contribution is -0.150. The van der Waals surface area contributed by atoms with Crippen LogP contribution in [0.5, 0.6) is 11.5 Å². The number of fused-ring (bicyclic) bond motifs is 1. The Kier molecular flexibility index (Phi) is 8.35. The number of aliphatic carboxylic acids is 1. The highest BCUT2D eigenvalue weighted by Crippen LogP contribution is 2.40. The summed E-state index contributed by atoms with van der Waals surface area (Å²) in [5.41, 5.74) is -0.147. The lowest BCUT2D eigenvalue weighted by Crippen LogP contribution is -2.70. The van der Waals surface area contributed by atoms with Crippen LogP contribution < -0.4 is 14.8 Å². The summed E-state index contributed by atoms with van der Waals surface area (Å²) in [7, 11) is 0. The zero-order valence-corrected chi connectivity index (χ0v) is 22.3. The number of benzene rings is 1. The average Bonchev–Trinajstić information content (AvgIpc) is 3.38. The second-order valence-electron chi connectivity index (χ2n) is 8.39. The standard InChI is InChI=1S/C25H22N2O10S2/c1-12(28)36-17-6-5-14(8-18(17)37-13(2)29)25(34)35-10-15-11-39-23-20(22(31)27(23)21(15)24(32)33)26-19(30)9-16-4-3-7-38-16/h3-8,20,23H,9-11H2,1-2H3,(H,26,30)(H,32,33)/t20-,23?/m1/s1. The quantitative estimate of drug-likeness (QED) is 0.254. The molecule has 204 valence electrons. The molecule has 2 aliphatic rings. The van der Waals surface area contributed by atoms with Crippen molar-refractivity contribution in [3.8, 4) is 11.5 Å². The van der Waals surface area contributed by atoms with E-state index in [2.05, 4.69) is 5.32 Å². The van der Waals surface area contributed by atoms with Crippen molar-refractivity contribution in [3.63, 3.8) is 0 Å². The van der Waals surface area contributed by atoms with Gasteiger partial charge in [-0.25, -0.2) is 9.59 Å². The van der Waals surface area contributed by atoms with Crippen molar-refractivity contribution < 1.29 is 48.1 Å². The zero-order chi connectivity index (χ0) is 28.3. The van der Waals surface area contributed by atoms with Crippen LogP contribution in [0.15, 0.2) is 47.0 Å². The van der Waals surface area contributed by atoms with Gasteiger partial charge < -0.3 is 24.6 Å². The molecule has 1 aromatic carbocycles. The van der Waals surface area contributed by atoms with Crippen molar-refractivity contribution in [1.29, 1.82) is 0 Å². The van der Waals surface area contributed by atoms with Crippen LogP contribution in [0.4, 0.5) is 0 Å². The Morgan fingerprint density at radius 3 is 2.44 bits per heavy atom. The van der Waals surface area contributed by atoms with Crippen LogP contribution >= 0.6 is 23.1 Å². The van der Waals surface area contributed by atoms with Crippen molar-refractivity contribution in [1.82, 2.24) is 10.2 Å². The molecule has 0 bridgehead atoms. The molecule has 1 fully saturated rings. The number of hydrogen-bond donors (Lipinski definition) is 2. The highest BCUT2D eigenvalue weighted by atomic mass is 32.2. The third kappa shape index (κ3) is 6.29. The van der Waals surface area contributed by atoms with Gasteiger partial charge in [0.25, 0.3) is 5.91 Å². The summed E-state index contributed by atoms with van der Waals surface area (Å²) in [4.78, 5) is 74.5. The van der Waals surface area contributed by atoms with Crippen LogP contribution in [-0.2, 0) is 35.1 Å². The number of carbonyl (C=O) groups is 6. The summed E-state index contributed by atoms with van der Waals surface area (Å²) >= 11 is 2.66. The van der Waals surface area contributed by atoms with Gasteiger partial charge in [0.1, 0.15) is 23.7 Å². The summed E-state index contributed by atoms with van der Waals surface area (Å²) in [6.07, 6.45) is 0.114. The first kappa shape index (κ1) is 27.9. The number of carbonyl (C=O) groups excluding carboxylic acids is 5. The van der Waals surface area contributed by atoms with E-state index in [1.807, 2.05) is 11.4 Å². The summed E-state index contributed by atoms with van der Waals surface area (Å²) in [6, 6.07) is 6.45.